The summed E-state index contributed by atoms with van der Waals surface area (Å²) in [4.78, 5) is 24.7. The normalized spacial score (nSPS) is 10.5. The van der Waals surface area contributed by atoms with Crippen LogP contribution in [0.15, 0.2) is 91.3 Å². The average molecular weight is 438 g/mol. The lowest BCUT2D eigenvalue weighted by Crippen LogP contribution is -2.04. The van der Waals surface area contributed by atoms with E-state index in [9.17, 15) is 4.79 Å². The number of fused-ring (bicyclic) bond motifs is 2. The SMILES string of the molecule is CCOC(=O)c1cn2ccc(-c3ccc(-c4ccc5ccccc5c4)cc3)cc2n1.O=CO. The van der Waals surface area contributed by atoms with E-state index in [0.717, 1.165) is 11.1 Å². The molecule has 0 aliphatic rings. The summed E-state index contributed by atoms with van der Waals surface area (Å²) < 4.78 is 6.87. The third-order valence-electron chi connectivity index (χ3n) is 5.25. The van der Waals surface area contributed by atoms with Crippen LogP contribution in [0.1, 0.15) is 17.4 Å². The summed E-state index contributed by atoms with van der Waals surface area (Å²) in [5.41, 5.74) is 5.56. The molecule has 5 aromatic rings. The van der Waals surface area contributed by atoms with Gasteiger partial charge in [0.1, 0.15) is 5.65 Å². The van der Waals surface area contributed by atoms with Gasteiger partial charge in [-0.1, -0.05) is 60.7 Å². The van der Waals surface area contributed by atoms with Gasteiger partial charge in [0.2, 0.25) is 0 Å². The van der Waals surface area contributed by atoms with Crippen molar-refractivity contribution in [2.45, 2.75) is 6.92 Å². The van der Waals surface area contributed by atoms with E-state index < -0.39 is 5.97 Å². The van der Waals surface area contributed by atoms with E-state index in [4.69, 9.17) is 14.6 Å². The van der Waals surface area contributed by atoms with Gasteiger partial charge in [-0.3, -0.25) is 4.79 Å². The number of carboxylic acid groups (broad SMARTS) is 1. The van der Waals surface area contributed by atoms with Crippen LogP contribution in [0.2, 0.25) is 0 Å². The monoisotopic (exact) mass is 438 g/mol. The van der Waals surface area contributed by atoms with E-state index in [1.807, 2.05) is 22.7 Å². The van der Waals surface area contributed by atoms with Crippen molar-refractivity contribution < 1.29 is 19.4 Å². The Labute approximate surface area is 190 Å². The van der Waals surface area contributed by atoms with Gasteiger partial charge < -0.3 is 14.2 Å². The summed E-state index contributed by atoms with van der Waals surface area (Å²) in [5, 5.41) is 9.37. The minimum absolute atomic E-state index is 0.250. The van der Waals surface area contributed by atoms with Gasteiger partial charge in [-0.2, -0.15) is 0 Å². The third-order valence-corrected chi connectivity index (χ3v) is 5.25. The van der Waals surface area contributed by atoms with Crippen LogP contribution >= 0.6 is 0 Å². The molecule has 0 spiro atoms. The first-order chi connectivity index (χ1) is 16.1. The van der Waals surface area contributed by atoms with Crippen LogP contribution in [0.4, 0.5) is 0 Å². The zero-order valence-electron chi connectivity index (χ0n) is 18.0. The number of esters is 1. The molecule has 0 unspecified atom stereocenters. The summed E-state index contributed by atoms with van der Waals surface area (Å²) in [6.07, 6.45) is 3.61. The molecule has 0 bridgehead atoms. The largest absolute Gasteiger partial charge is 0.483 e. The number of hydrogen-bond acceptors (Lipinski definition) is 4. The zero-order chi connectivity index (χ0) is 23.2. The van der Waals surface area contributed by atoms with E-state index in [1.165, 1.54) is 21.9 Å². The fraction of sp³-hybridized carbons (Fsp3) is 0.0741. The number of carbonyl (C=O) groups is 2. The van der Waals surface area contributed by atoms with Crippen molar-refractivity contribution in [3.05, 3.63) is 97.0 Å². The number of imidazole rings is 1. The number of aromatic nitrogens is 2. The number of nitrogens with zero attached hydrogens (tertiary/aromatic N) is 2. The summed E-state index contributed by atoms with van der Waals surface area (Å²) in [7, 11) is 0. The van der Waals surface area contributed by atoms with Gasteiger partial charge in [0.05, 0.1) is 6.61 Å². The number of ether oxygens (including phenoxy) is 1. The summed E-state index contributed by atoms with van der Waals surface area (Å²) in [6.45, 7) is 1.87. The highest BCUT2D eigenvalue weighted by Gasteiger charge is 2.12. The fourth-order valence-electron chi connectivity index (χ4n) is 3.69. The molecule has 0 fully saturated rings. The Morgan fingerprint density at radius 3 is 2.18 bits per heavy atom. The second-order valence-electron chi connectivity index (χ2n) is 7.27. The molecule has 0 saturated carbocycles. The molecule has 0 aliphatic carbocycles. The van der Waals surface area contributed by atoms with Crippen LogP contribution in [-0.4, -0.2) is 33.5 Å². The van der Waals surface area contributed by atoms with Gasteiger partial charge in [0.15, 0.2) is 5.69 Å². The van der Waals surface area contributed by atoms with Gasteiger partial charge in [0, 0.05) is 12.4 Å². The maximum absolute atomic E-state index is 11.9. The molecular formula is C27H22N2O4. The molecule has 0 amide bonds. The van der Waals surface area contributed by atoms with E-state index in [2.05, 4.69) is 71.7 Å². The first-order valence-corrected chi connectivity index (χ1v) is 10.5. The predicted octanol–water partition coefficient (Wildman–Crippen LogP) is 5.70. The summed E-state index contributed by atoms with van der Waals surface area (Å²) >= 11 is 0. The predicted molar refractivity (Wildman–Crippen MR) is 128 cm³/mol. The second kappa shape index (κ2) is 9.78. The Kier molecular flexibility index (Phi) is 6.45. The van der Waals surface area contributed by atoms with Crippen molar-refractivity contribution in [2.75, 3.05) is 6.61 Å². The van der Waals surface area contributed by atoms with Gasteiger partial charge in [-0.25, -0.2) is 9.78 Å². The standard InChI is InChI=1S/C26H20N2O2.CH2O2/c1-2-30-26(29)24-17-28-14-13-23(16-25(28)27-24)20-9-7-19(8-10-20)22-12-11-18-5-3-4-6-21(18)15-22;2-1-3/h3-17H,2H2,1H3;1H,(H,2,3). The minimum atomic E-state index is -0.400. The molecule has 6 nitrogen and oxygen atoms in total. The highest BCUT2D eigenvalue weighted by Crippen LogP contribution is 2.28. The molecule has 5 rings (SSSR count). The lowest BCUT2D eigenvalue weighted by Gasteiger charge is -2.07. The van der Waals surface area contributed by atoms with E-state index in [0.29, 0.717) is 17.9 Å². The van der Waals surface area contributed by atoms with Crippen molar-refractivity contribution in [1.82, 2.24) is 9.38 Å². The van der Waals surface area contributed by atoms with E-state index >= 15 is 0 Å². The van der Waals surface area contributed by atoms with Crippen LogP contribution in [0, 0.1) is 0 Å². The summed E-state index contributed by atoms with van der Waals surface area (Å²) in [5.74, 6) is -0.400. The molecule has 33 heavy (non-hydrogen) atoms. The van der Waals surface area contributed by atoms with Crippen molar-refractivity contribution in [3.8, 4) is 22.3 Å². The zero-order valence-corrected chi connectivity index (χ0v) is 18.0. The Bertz CT molecular complexity index is 1420. The molecule has 6 heteroatoms. The van der Waals surface area contributed by atoms with Crippen LogP contribution in [-0.2, 0) is 9.53 Å². The third kappa shape index (κ3) is 4.75. The van der Waals surface area contributed by atoms with Gasteiger partial charge in [0.25, 0.3) is 6.47 Å². The maximum Gasteiger partial charge on any atom is 0.358 e. The molecule has 0 radical (unpaired) electrons. The topological polar surface area (TPSA) is 80.9 Å². The maximum atomic E-state index is 11.9. The van der Waals surface area contributed by atoms with Crippen LogP contribution < -0.4 is 0 Å². The lowest BCUT2D eigenvalue weighted by atomic mass is 9.99. The number of benzene rings is 3. The second-order valence-corrected chi connectivity index (χ2v) is 7.27. The van der Waals surface area contributed by atoms with Crippen LogP contribution in [0.5, 0.6) is 0 Å². The Balaban J connectivity index is 0.000000821. The number of pyridine rings is 1. The molecule has 0 saturated heterocycles. The summed E-state index contributed by atoms with van der Waals surface area (Å²) in [6, 6.07) is 27.4. The van der Waals surface area contributed by atoms with Crippen molar-refractivity contribution in [3.63, 3.8) is 0 Å². The number of hydrogen-bond donors (Lipinski definition) is 1. The molecule has 2 heterocycles. The number of rotatable bonds is 4. The Morgan fingerprint density at radius 2 is 1.52 bits per heavy atom. The molecular weight excluding hydrogens is 416 g/mol. The molecule has 1 N–H and O–H groups in total. The first kappa shape index (κ1) is 21.8. The quantitative estimate of drug-likeness (QED) is 0.288. The first-order valence-electron chi connectivity index (χ1n) is 10.5. The smallest absolute Gasteiger partial charge is 0.358 e. The van der Waals surface area contributed by atoms with Crippen molar-refractivity contribution >= 4 is 28.9 Å². The number of carbonyl (C=O) groups excluding carboxylic acids is 1. The van der Waals surface area contributed by atoms with E-state index in [1.54, 1.807) is 13.1 Å². The van der Waals surface area contributed by atoms with Gasteiger partial charge >= 0.3 is 5.97 Å². The average Bonchev–Trinajstić information content (AvgIpc) is 3.28. The lowest BCUT2D eigenvalue weighted by molar-refractivity contribution is -0.122. The molecule has 164 valence electrons. The fourth-order valence-corrected chi connectivity index (χ4v) is 3.69. The molecule has 2 aromatic heterocycles. The van der Waals surface area contributed by atoms with Gasteiger partial charge in [-0.05, 0) is 58.1 Å². The van der Waals surface area contributed by atoms with Crippen molar-refractivity contribution in [2.24, 2.45) is 0 Å². The Hall–Kier alpha value is -4.45. The molecule has 0 atom stereocenters. The van der Waals surface area contributed by atoms with Crippen LogP contribution in [0.3, 0.4) is 0 Å². The van der Waals surface area contributed by atoms with Gasteiger partial charge in [-0.15, -0.1) is 0 Å². The highest BCUT2D eigenvalue weighted by atomic mass is 16.5. The van der Waals surface area contributed by atoms with Crippen LogP contribution in [0.25, 0.3) is 38.7 Å². The van der Waals surface area contributed by atoms with E-state index in [-0.39, 0.29) is 6.47 Å². The highest BCUT2D eigenvalue weighted by molar-refractivity contribution is 5.89. The van der Waals surface area contributed by atoms with Crippen molar-refractivity contribution in [1.29, 1.82) is 0 Å². The molecule has 3 aromatic carbocycles. The molecule has 0 aliphatic heterocycles. The Morgan fingerprint density at radius 1 is 0.909 bits per heavy atom. The minimum Gasteiger partial charge on any atom is -0.483 e.